The third kappa shape index (κ3) is 4.19. The van der Waals surface area contributed by atoms with Gasteiger partial charge in [0.1, 0.15) is 0 Å². The molecule has 2 saturated heterocycles. The van der Waals surface area contributed by atoms with E-state index in [0.717, 1.165) is 19.5 Å². The van der Waals surface area contributed by atoms with Crippen LogP contribution < -0.4 is 0 Å². The highest BCUT2D eigenvalue weighted by Crippen LogP contribution is 2.21. The predicted octanol–water partition coefficient (Wildman–Crippen LogP) is 1.52. The van der Waals surface area contributed by atoms with E-state index in [1.54, 1.807) is 0 Å². The minimum atomic E-state index is 0.222. The van der Waals surface area contributed by atoms with E-state index in [9.17, 15) is 4.79 Å². The summed E-state index contributed by atoms with van der Waals surface area (Å²) in [6.07, 6.45) is 3.41. The lowest BCUT2D eigenvalue weighted by Crippen LogP contribution is -2.56. The normalized spacial score (nSPS) is 23.6. The maximum Gasteiger partial charge on any atom is 0.225 e. The SMILES string of the molecule is CCCC[C@H](C)C(=O)N1CC(CN2CCN(C)CC2)C1. The molecule has 0 aromatic heterocycles. The summed E-state index contributed by atoms with van der Waals surface area (Å²) >= 11 is 0. The highest BCUT2D eigenvalue weighted by atomic mass is 16.2. The van der Waals surface area contributed by atoms with Gasteiger partial charge in [0, 0.05) is 57.6 Å². The number of carbonyl (C=O) groups excluding carboxylic acids is 1. The molecule has 4 nitrogen and oxygen atoms in total. The number of piperazine rings is 1. The fourth-order valence-corrected chi connectivity index (χ4v) is 3.21. The Morgan fingerprint density at radius 3 is 2.45 bits per heavy atom. The highest BCUT2D eigenvalue weighted by Gasteiger charge is 2.33. The third-order valence-corrected chi connectivity index (χ3v) is 4.79. The lowest BCUT2D eigenvalue weighted by atomic mass is 9.95. The van der Waals surface area contributed by atoms with Gasteiger partial charge >= 0.3 is 0 Å². The van der Waals surface area contributed by atoms with Crippen LogP contribution in [0.3, 0.4) is 0 Å². The Hall–Kier alpha value is -0.610. The lowest BCUT2D eigenvalue weighted by molar-refractivity contribution is -0.142. The summed E-state index contributed by atoms with van der Waals surface area (Å²) in [5.74, 6) is 1.31. The number of unbranched alkanes of at least 4 members (excludes halogenated alkanes) is 1. The first kappa shape index (κ1) is 15.8. The zero-order chi connectivity index (χ0) is 14.5. The van der Waals surface area contributed by atoms with Crippen LogP contribution in [0.5, 0.6) is 0 Å². The van der Waals surface area contributed by atoms with Crippen molar-refractivity contribution in [2.24, 2.45) is 11.8 Å². The van der Waals surface area contributed by atoms with E-state index in [-0.39, 0.29) is 5.92 Å². The van der Waals surface area contributed by atoms with E-state index in [1.165, 1.54) is 45.6 Å². The van der Waals surface area contributed by atoms with Crippen molar-refractivity contribution in [2.45, 2.75) is 33.1 Å². The highest BCUT2D eigenvalue weighted by molar-refractivity contribution is 5.79. The minimum absolute atomic E-state index is 0.222. The monoisotopic (exact) mass is 281 g/mol. The fourth-order valence-electron chi connectivity index (χ4n) is 3.21. The van der Waals surface area contributed by atoms with Gasteiger partial charge in [-0.1, -0.05) is 26.7 Å². The zero-order valence-corrected chi connectivity index (χ0v) is 13.5. The van der Waals surface area contributed by atoms with Crippen molar-refractivity contribution in [1.82, 2.24) is 14.7 Å². The van der Waals surface area contributed by atoms with Gasteiger partial charge in [-0.25, -0.2) is 0 Å². The van der Waals surface area contributed by atoms with E-state index in [1.807, 2.05) is 0 Å². The van der Waals surface area contributed by atoms with Crippen molar-refractivity contribution in [3.63, 3.8) is 0 Å². The number of nitrogens with zero attached hydrogens (tertiary/aromatic N) is 3. The second-order valence-corrected chi connectivity index (χ2v) is 6.76. The first-order valence-corrected chi connectivity index (χ1v) is 8.29. The number of rotatable bonds is 6. The van der Waals surface area contributed by atoms with E-state index in [4.69, 9.17) is 0 Å². The Labute approximate surface area is 124 Å². The Morgan fingerprint density at radius 2 is 1.85 bits per heavy atom. The Kier molecular flexibility index (Phi) is 5.85. The molecule has 0 bridgehead atoms. The van der Waals surface area contributed by atoms with Crippen LogP contribution in [-0.2, 0) is 4.79 Å². The number of hydrogen-bond donors (Lipinski definition) is 0. The molecule has 2 fully saturated rings. The molecule has 0 aliphatic carbocycles. The van der Waals surface area contributed by atoms with E-state index < -0.39 is 0 Å². The molecule has 2 rings (SSSR count). The van der Waals surface area contributed by atoms with E-state index in [0.29, 0.717) is 11.8 Å². The number of carbonyl (C=O) groups is 1. The summed E-state index contributed by atoms with van der Waals surface area (Å²) in [7, 11) is 2.19. The molecule has 116 valence electrons. The molecule has 2 aliphatic rings. The summed E-state index contributed by atoms with van der Waals surface area (Å²) in [6.45, 7) is 12.2. The average molecular weight is 281 g/mol. The van der Waals surface area contributed by atoms with Gasteiger partial charge < -0.3 is 14.7 Å². The van der Waals surface area contributed by atoms with Crippen molar-refractivity contribution in [1.29, 1.82) is 0 Å². The molecule has 0 spiro atoms. The van der Waals surface area contributed by atoms with Crippen LogP contribution in [0.15, 0.2) is 0 Å². The quantitative estimate of drug-likeness (QED) is 0.738. The van der Waals surface area contributed by atoms with Crippen LogP contribution in [0.1, 0.15) is 33.1 Å². The van der Waals surface area contributed by atoms with Gasteiger partial charge in [0.2, 0.25) is 5.91 Å². The molecule has 1 atom stereocenters. The van der Waals surface area contributed by atoms with Crippen molar-refractivity contribution in [2.75, 3.05) is 52.9 Å². The minimum Gasteiger partial charge on any atom is -0.342 e. The first-order chi connectivity index (χ1) is 9.60. The molecule has 1 amide bonds. The Balaban J connectivity index is 1.63. The summed E-state index contributed by atoms with van der Waals surface area (Å²) in [5, 5.41) is 0. The lowest BCUT2D eigenvalue weighted by Gasteiger charge is -2.44. The molecule has 4 heteroatoms. The molecule has 0 radical (unpaired) electrons. The molecule has 0 aromatic rings. The standard InChI is InChI=1S/C16H31N3O/c1-4-5-6-14(2)16(20)19-12-15(13-19)11-18-9-7-17(3)8-10-18/h14-15H,4-13H2,1-3H3/t14-/m0/s1. The van der Waals surface area contributed by atoms with Crippen molar-refractivity contribution >= 4 is 5.91 Å². The predicted molar refractivity (Wildman–Crippen MR) is 82.7 cm³/mol. The van der Waals surface area contributed by atoms with Gasteiger partial charge in [-0.3, -0.25) is 4.79 Å². The van der Waals surface area contributed by atoms with Gasteiger partial charge in [-0.05, 0) is 13.5 Å². The molecule has 0 unspecified atom stereocenters. The topological polar surface area (TPSA) is 26.8 Å². The second-order valence-electron chi connectivity index (χ2n) is 6.76. The van der Waals surface area contributed by atoms with Crippen LogP contribution in [0.25, 0.3) is 0 Å². The van der Waals surface area contributed by atoms with Crippen LogP contribution in [0.2, 0.25) is 0 Å². The van der Waals surface area contributed by atoms with E-state index in [2.05, 4.69) is 35.6 Å². The zero-order valence-electron chi connectivity index (χ0n) is 13.5. The smallest absolute Gasteiger partial charge is 0.225 e. The van der Waals surface area contributed by atoms with Gasteiger partial charge in [-0.15, -0.1) is 0 Å². The molecular formula is C16H31N3O. The first-order valence-electron chi connectivity index (χ1n) is 8.29. The molecule has 20 heavy (non-hydrogen) atoms. The Morgan fingerprint density at radius 1 is 1.20 bits per heavy atom. The summed E-state index contributed by atoms with van der Waals surface area (Å²) in [6, 6.07) is 0. The number of likely N-dealkylation sites (tertiary alicyclic amines) is 1. The molecule has 2 aliphatic heterocycles. The summed E-state index contributed by atoms with van der Waals surface area (Å²) in [5.41, 5.74) is 0. The largest absolute Gasteiger partial charge is 0.342 e. The van der Waals surface area contributed by atoms with Gasteiger partial charge in [0.25, 0.3) is 0 Å². The number of likely N-dealkylation sites (N-methyl/N-ethyl adjacent to an activating group) is 1. The second kappa shape index (κ2) is 7.41. The molecule has 0 N–H and O–H groups in total. The van der Waals surface area contributed by atoms with Crippen LogP contribution >= 0.6 is 0 Å². The molecular weight excluding hydrogens is 250 g/mol. The summed E-state index contributed by atoms with van der Waals surface area (Å²) in [4.78, 5) is 19.2. The van der Waals surface area contributed by atoms with Crippen molar-refractivity contribution in [3.8, 4) is 0 Å². The summed E-state index contributed by atoms with van der Waals surface area (Å²) < 4.78 is 0. The Bertz CT molecular complexity index is 307. The van der Waals surface area contributed by atoms with Gasteiger partial charge in [0.05, 0.1) is 0 Å². The van der Waals surface area contributed by atoms with E-state index >= 15 is 0 Å². The van der Waals surface area contributed by atoms with Crippen molar-refractivity contribution in [3.05, 3.63) is 0 Å². The maximum absolute atomic E-state index is 12.2. The molecule has 2 heterocycles. The third-order valence-electron chi connectivity index (χ3n) is 4.79. The average Bonchev–Trinajstić information content (AvgIpc) is 2.41. The molecule has 0 aromatic carbocycles. The van der Waals surface area contributed by atoms with Gasteiger partial charge in [0.15, 0.2) is 0 Å². The van der Waals surface area contributed by atoms with Crippen LogP contribution in [-0.4, -0.2) is 73.5 Å². The van der Waals surface area contributed by atoms with Crippen molar-refractivity contribution < 1.29 is 4.79 Å². The van der Waals surface area contributed by atoms with Gasteiger partial charge in [-0.2, -0.15) is 0 Å². The maximum atomic E-state index is 12.2. The van der Waals surface area contributed by atoms with Crippen LogP contribution in [0.4, 0.5) is 0 Å². The molecule has 0 saturated carbocycles. The van der Waals surface area contributed by atoms with Crippen LogP contribution in [0, 0.1) is 11.8 Å². The number of hydrogen-bond acceptors (Lipinski definition) is 3. The fraction of sp³-hybridized carbons (Fsp3) is 0.938. The number of amides is 1.